The molecule has 0 fully saturated rings. The van der Waals surface area contributed by atoms with Gasteiger partial charge in [-0.25, -0.2) is 8.42 Å². The zero-order valence-electron chi connectivity index (χ0n) is 17.7. The molecule has 0 saturated carbocycles. The molecule has 0 aromatic heterocycles. The lowest BCUT2D eigenvalue weighted by Crippen LogP contribution is -2.37. The van der Waals surface area contributed by atoms with Crippen molar-refractivity contribution in [3.63, 3.8) is 0 Å². The van der Waals surface area contributed by atoms with Crippen LogP contribution in [0, 0.1) is 6.92 Å². The summed E-state index contributed by atoms with van der Waals surface area (Å²) in [6.45, 7) is 1.95. The van der Waals surface area contributed by atoms with Crippen LogP contribution in [0.25, 0.3) is 11.6 Å². The predicted octanol–water partition coefficient (Wildman–Crippen LogP) is 6.49. The van der Waals surface area contributed by atoms with Gasteiger partial charge in [0.2, 0.25) is 0 Å². The number of sulfonamides is 1. The monoisotopic (exact) mass is 437 g/mol. The van der Waals surface area contributed by atoms with Gasteiger partial charge in [0.05, 0.1) is 16.6 Å². The average Bonchev–Trinajstić information content (AvgIpc) is 2.84. The van der Waals surface area contributed by atoms with Crippen LogP contribution >= 0.6 is 0 Å². The quantitative estimate of drug-likeness (QED) is 0.366. The van der Waals surface area contributed by atoms with Crippen LogP contribution in [-0.4, -0.2) is 8.42 Å². The van der Waals surface area contributed by atoms with E-state index in [1.165, 1.54) is 0 Å². The van der Waals surface area contributed by atoms with Gasteiger partial charge in [-0.2, -0.15) is 0 Å². The van der Waals surface area contributed by atoms with Crippen molar-refractivity contribution < 1.29 is 8.42 Å². The minimum absolute atomic E-state index is 0.285. The Morgan fingerprint density at radius 1 is 0.688 bits per heavy atom. The minimum atomic E-state index is -3.84. The third kappa shape index (κ3) is 3.53. The van der Waals surface area contributed by atoms with Gasteiger partial charge in [0, 0.05) is 0 Å². The number of benzene rings is 4. The first-order chi connectivity index (χ1) is 15.6. The van der Waals surface area contributed by atoms with Crippen molar-refractivity contribution >= 4 is 27.4 Å². The second-order valence-corrected chi connectivity index (χ2v) is 9.77. The van der Waals surface area contributed by atoms with Crippen LogP contribution in [-0.2, 0) is 10.0 Å². The van der Waals surface area contributed by atoms with E-state index in [0.717, 1.165) is 27.8 Å². The van der Waals surface area contributed by atoms with Crippen LogP contribution < -0.4 is 4.31 Å². The molecule has 4 aromatic carbocycles. The van der Waals surface area contributed by atoms with Gasteiger partial charge in [-0.05, 0) is 53.5 Å². The third-order valence-corrected chi connectivity index (χ3v) is 7.61. The second-order valence-electron chi connectivity index (χ2n) is 7.95. The smallest absolute Gasteiger partial charge is 0.254 e. The fourth-order valence-corrected chi connectivity index (χ4v) is 5.88. The molecule has 0 saturated heterocycles. The van der Waals surface area contributed by atoms with E-state index in [0.29, 0.717) is 5.69 Å². The van der Waals surface area contributed by atoms with Gasteiger partial charge in [0.1, 0.15) is 0 Å². The molecule has 4 aromatic rings. The molecule has 5 rings (SSSR count). The maximum atomic E-state index is 14.1. The fraction of sp³-hybridized carbons (Fsp3) is 0.0714. The van der Waals surface area contributed by atoms with E-state index in [4.69, 9.17) is 0 Å². The molecule has 3 nitrogen and oxygen atoms in total. The summed E-state index contributed by atoms with van der Waals surface area (Å²) in [7, 11) is -3.84. The predicted molar refractivity (Wildman–Crippen MR) is 131 cm³/mol. The van der Waals surface area contributed by atoms with E-state index < -0.39 is 16.1 Å². The molecule has 1 aliphatic rings. The first-order valence-corrected chi connectivity index (χ1v) is 12.0. The molecule has 158 valence electrons. The molecule has 0 radical (unpaired) electrons. The molecule has 1 atom stereocenters. The molecule has 4 heteroatoms. The number of anilines is 1. The van der Waals surface area contributed by atoms with Crippen molar-refractivity contribution in [1.82, 2.24) is 0 Å². The lowest BCUT2D eigenvalue weighted by Gasteiger charge is -2.39. The Hall–Kier alpha value is -3.63. The molecule has 0 spiro atoms. The zero-order chi connectivity index (χ0) is 22.1. The highest BCUT2D eigenvalue weighted by Gasteiger charge is 2.38. The van der Waals surface area contributed by atoms with Gasteiger partial charge in [-0.15, -0.1) is 0 Å². The van der Waals surface area contributed by atoms with Crippen molar-refractivity contribution in [3.05, 3.63) is 131 Å². The molecule has 0 aliphatic carbocycles. The van der Waals surface area contributed by atoms with Gasteiger partial charge in [-0.1, -0.05) is 96.6 Å². The number of rotatable bonds is 4. The van der Waals surface area contributed by atoms with E-state index in [2.05, 4.69) is 6.08 Å². The highest BCUT2D eigenvalue weighted by Crippen LogP contribution is 2.47. The maximum Gasteiger partial charge on any atom is 0.265 e. The SMILES string of the molecule is Cc1ccc(S(=O)(=O)N2c3ccccc3C=C(c3ccccc3)C2c2ccccc2)cc1. The summed E-state index contributed by atoms with van der Waals surface area (Å²) in [5.41, 5.74) is 5.46. The van der Waals surface area contributed by atoms with Crippen LogP contribution in [0.3, 0.4) is 0 Å². The van der Waals surface area contributed by atoms with E-state index in [1.807, 2.05) is 104 Å². The number of nitrogens with zero attached hydrogens (tertiary/aromatic N) is 1. The Morgan fingerprint density at radius 3 is 1.97 bits per heavy atom. The zero-order valence-corrected chi connectivity index (χ0v) is 18.5. The summed E-state index contributed by atoms with van der Waals surface area (Å²) in [6.07, 6.45) is 2.11. The lowest BCUT2D eigenvalue weighted by molar-refractivity contribution is 0.587. The molecule has 1 unspecified atom stereocenters. The van der Waals surface area contributed by atoms with Gasteiger partial charge in [-0.3, -0.25) is 4.31 Å². The summed E-state index contributed by atoms with van der Waals surface area (Å²) in [5, 5.41) is 0. The lowest BCUT2D eigenvalue weighted by atomic mass is 9.88. The molecule has 32 heavy (non-hydrogen) atoms. The Kier molecular flexibility index (Phi) is 5.16. The summed E-state index contributed by atoms with van der Waals surface area (Å²) in [5.74, 6) is 0. The first kappa shape index (κ1) is 20.3. The van der Waals surface area contributed by atoms with Gasteiger partial charge >= 0.3 is 0 Å². The Bertz CT molecular complexity index is 1380. The van der Waals surface area contributed by atoms with Crippen molar-refractivity contribution in [2.24, 2.45) is 0 Å². The molecule has 1 heterocycles. The second kappa shape index (κ2) is 8.13. The minimum Gasteiger partial charge on any atom is -0.254 e. The maximum absolute atomic E-state index is 14.1. The highest BCUT2D eigenvalue weighted by molar-refractivity contribution is 7.92. The third-order valence-electron chi connectivity index (χ3n) is 5.81. The highest BCUT2D eigenvalue weighted by atomic mass is 32.2. The molecule has 1 aliphatic heterocycles. The first-order valence-electron chi connectivity index (χ1n) is 10.6. The van der Waals surface area contributed by atoms with E-state index in [-0.39, 0.29) is 4.90 Å². The Labute approximate surface area is 189 Å². The van der Waals surface area contributed by atoms with Crippen LogP contribution in [0.1, 0.15) is 28.3 Å². The summed E-state index contributed by atoms with van der Waals surface area (Å²) < 4.78 is 29.8. The van der Waals surface area contributed by atoms with Gasteiger partial charge in [0.15, 0.2) is 0 Å². The molecular formula is C28H23NO2S. The van der Waals surface area contributed by atoms with Crippen LogP contribution in [0.5, 0.6) is 0 Å². The molecular weight excluding hydrogens is 414 g/mol. The topological polar surface area (TPSA) is 37.4 Å². The summed E-state index contributed by atoms with van der Waals surface area (Å²) in [6, 6.07) is 34.1. The van der Waals surface area contributed by atoms with E-state index in [9.17, 15) is 8.42 Å². The van der Waals surface area contributed by atoms with Crippen molar-refractivity contribution in [1.29, 1.82) is 0 Å². The van der Waals surface area contributed by atoms with E-state index >= 15 is 0 Å². The van der Waals surface area contributed by atoms with Crippen molar-refractivity contribution in [2.45, 2.75) is 17.9 Å². The van der Waals surface area contributed by atoms with Gasteiger partial charge < -0.3 is 0 Å². The van der Waals surface area contributed by atoms with Crippen molar-refractivity contribution in [2.75, 3.05) is 4.31 Å². The average molecular weight is 438 g/mol. The molecule has 0 bridgehead atoms. The number of fused-ring (bicyclic) bond motifs is 1. The number of aryl methyl sites for hydroxylation is 1. The van der Waals surface area contributed by atoms with E-state index in [1.54, 1.807) is 16.4 Å². The van der Waals surface area contributed by atoms with Crippen LogP contribution in [0.4, 0.5) is 5.69 Å². The van der Waals surface area contributed by atoms with Crippen molar-refractivity contribution in [3.8, 4) is 0 Å². The largest absolute Gasteiger partial charge is 0.265 e. The van der Waals surface area contributed by atoms with Crippen LogP contribution in [0.15, 0.2) is 114 Å². The fourth-order valence-electron chi connectivity index (χ4n) is 4.24. The molecule has 0 amide bonds. The van der Waals surface area contributed by atoms with Gasteiger partial charge in [0.25, 0.3) is 10.0 Å². The number of hydrogen-bond acceptors (Lipinski definition) is 2. The normalized spacial score (nSPS) is 15.7. The number of hydrogen-bond donors (Lipinski definition) is 0. The van der Waals surface area contributed by atoms with Crippen LogP contribution in [0.2, 0.25) is 0 Å². The molecule has 0 N–H and O–H groups in total. The summed E-state index contributed by atoms with van der Waals surface area (Å²) >= 11 is 0. The standard InChI is InChI=1S/C28H23NO2S/c1-21-16-18-25(19-17-21)32(30,31)29-27-15-9-8-14-24(27)20-26(22-10-4-2-5-11-22)28(29)23-12-6-3-7-13-23/h2-20,28H,1H3. The Morgan fingerprint density at radius 2 is 1.28 bits per heavy atom. The Balaban J connectivity index is 1.80. The number of para-hydroxylation sites is 1. The summed E-state index contributed by atoms with van der Waals surface area (Å²) in [4.78, 5) is 0.285.